The fourth-order valence-corrected chi connectivity index (χ4v) is 8.29. The molecule has 2 unspecified atom stereocenters. The van der Waals surface area contributed by atoms with Crippen molar-refractivity contribution in [3.8, 4) is 0 Å². The SMILES string of the molecule is CCCCCCCCCC(c1ccc(CCCCc2ccc(C(CCCCCCCCC)c3ccc(N)cc3C)cc2)cc1)c1ccc(N)cc1C. The van der Waals surface area contributed by atoms with Gasteiger partial charge in [-0.25, -0.2) is 0 Å². The minimum absolute atomic E-state index is 0.437. The third kappa shape index (κ3) is 13.8. The number of unbranched alkanes of at least 4 members (excludes halogenated alkanes) is 13. The van der Waals surface area contributed by atoms with Crippen molar-refractivity contribution in [2.24, 2.45) is 0 Å². The molecule has 282 valence electrons. The van der Waals surface area contributed by atoms with E-state index in [0.717, 1.165) is 24.2 Å². The Balaban J connectivity index is 1.29. The maximum atomic E-state index is 6.14. The highest BCUT2D eigenvalue weighted by Crippen LogP contribution is 2.35. The lowest BCUT2D eigenvalue weighted by molar-refractivity contribution is 0.558. The monoisotopic (exact) mass is 701 g/mol. The molecular formula is C50H72N2. The number of benzene rings is 4. The van der Waals surface area contributed by atoms with E-state index in [2.05, 4.69) is 113 Å². The maximum Gasteiger partial charge on any atom is 0.0316 e. The number of nitrogen functional groups attached to an aromatic ring is 2. The maximum absolute atomic E-state index is 6.14. The molecule has 0 saturated carbocycles. The summed E-state index contributed by atoms with van der Waals surface area (Å²) in [5, 5.41) is 0. The Morgan fingerprint density at radius 2 is 0.750 bits per heavy atom. The van der Waals surface area contributed by atoms with Crippen molar-refractivity contribution < 1.29 is 0 Å². The molecule has 2 atom stereocenters. The Kier molecular flexibility index (Phi) is 18.4. The summed E-state index contributed by atoms with van der Waals surface area (Å²) in [6, 6.07) is 32.2. The van der Waals surface area contributed by atoms with Gasteiger partial charge in [-0.15, -0.1) is 0 Å². The Labute approximate surface area is 319 Å². The van der Waals surface area contributed by atoms with Crippen molar-refractivity contribution in [3.63, 3.8) is 0 Å². The normalized spacial score (nSPS) is 12.6. The molecule has 0 saturated heterocycles. The lowest BCUT2D eigenvalue weighted by atomic mass is 9.83. The van der Waals surface area contributed by atoms with E-state index < -0.39 is 0 Å². The smallest absolute Gasteiger partial charge is 0.0316 e. The van der Waals surface area contributed by atoms with Gasteiger partial charge in [-0.1, -0.05) is 164 Å². The highest BCUT2D eigenvalue weighted by molar-refractivity contribution is 5.49. The molecule has 0 fully saturated rings. The number of hydrogen-bond donors (Lipinski definition) is 2. The van der Waals surface area contributed by atoms with E-state index in [1.165, 1.54) is 160 Å². The average molecular weight is 701 g/mol. The van der Waals surface area contributed by atoms with Gasteiger partial charge in [0.1, 0.15) is 0 Å². The van der Waals surface area contributed by atoms with Crippen LogP contribution in [0.3, 0.4) is 0 Å². The Morgan fingerprint density at radius 3 is 1.10 bits per heavy atom. The number of hydrogen-bond acceptors (Lipinski definition) is 2. The molecule has 0 amide bonds. The molecule has 0 aliphatic heterocycles. The molecular weight excluding hydrogens is 629 g/mol. The quantitative estimate of drug-likeness (QED) is 0.0534. The lowest BCUT2D eigenvalue weighted by Gasteiger charge is -2.21. The molecule has 52 heavy (non-hydrogen) atoms. The zero-order valence-corrected chi connectivity index (χ0v) is 33.5. The van der Waals surface area contributed by atoms with Crippen molar-refractivity contribution in [2.75, 3.05) is 11.5 Å². The van der Waals surface area contributed by atoms with E-state index in [1.54, 1.807) is 0 Å². The molecule has 2 heteroatoms. The van der Waals surface area contributed by atoms with Gasteiger partial charge in [0.25, 0.3) is 0 Å². The van der Waals surface area contributed by atoms with Gasteiger partial charge < -0.3 is 11.5 Å². The lowest BCUT2D eigenvalue weighted by Crippen LogP contribution is -2.05. The largest absolute Gasteiger partial charge is 0.399 e. The van der Waals surface area contributed by atoms with Crippen LogP contribution < -0.4 is 11.5 Å². The first-order chi connectivity index (χ1) is 25.4. The predicted molar refractivity (Wildman–Crippen MR) is 230 cm³/mol. The Hall–Kier alpha value is -3.52. The summed E-state index contributed by atoms with van der Waals surface area (Å²) in [7, 11) is 0. The third-order valence-corrected chi connectivity index (χ3v) is 11.5. The van der Waals surface area contributed by atoms with E-state index in [0.29, 0.717) is 11.8 Å². The first kappa shape index (κ1) is 41.2. The zero-order valence-electron chi connectivity index (χ0n) is 33.5. The second-order valence-corrected chi connectivity index (χ2v) is 15.8. The molecule has 4 aromatic rings. The summed E-state index contributed by atoms with van der Waals surface area (Å²) in [5.41, 5.74) is 25.3. The number of nitrogens with two attached hydrogens (primary N) is 2. The van der Waals surface area contributed by atoms with Crippen LogP contribution in [0.5, 0.6) is 0 Å². The van der Waals surface area contributed by atoms with Gasteiger partial charge >= 0.3 is 0 Å². The van der Waals surface area contributed by atoms with Crippen LogP contribution in [0.15, 0.2) is 84.9 Å². The Morgan fingerprint density at radius 1 is 0.404 bits per heavy atom. The van der Waals surface area contributed by atoms with Gasteiger partial charge in [-0.2, -0.15) is 0 Å². The number of anilines is 2. The first-order valence-electron chi connectivity index (χ1n) is 21.3. The molecule has 0 bridgehead atoms. The minimum Gasteiger partial charge on any atom is -0.399 e. The van der Waals surface area contributed by atoms with Crippen LogP contribution in [-0.2, 0) is 12.8 Å². The fourth-order valence-electron chi connectivity index (χ4n) is 8.29. The second kappa shape index (κ2) is 23.2. The second-order valence-electron chi connectivity index (χ2n) is 15.8. The first-order valence-corrected chi connectivity index (χ1v) is 21.3. The van der Waals surface area contributed by atoms with Crippen molar-refractivity contribution in [1.29, 1.82) is 0 Å². The molecule has 0 aromatic heterocycles. The van der Waals surface area contributed by atoms with Crippen LogP contribution in [0.4, 0.5) is 11.4 Å². The molecule has 0 heterocycles. The van der Waals surface area contributed by atoms with Crippen LogP contribution in [0.25, 0.3) is 0 Å². The summed E-state index contributed by atoms with van der Waals surface area (Å²) in [6.07, 6.45) is 26.0. The van der Waals surface area contributed by atoms with Crippen LogP contribution >= 0.6 is 0 Å². The van der Waals surface area contributed by atoms with E-state index in [9.17, 15) is 0 Å². The molecule has 4 rings (SSSR count). The van der Waals surface area contributed by atoms with Crippen molar-refractivity contribution in [3.05, 3.63) is 129 Å². The predicted octanol–water partition coefficient (Wildman–Crippen LogP) is 14.6. The summed E-state index contributed by atoms with van der Waals surface area (Å²) >= 11 is 0. The summed E-state index contributed by atoms with van der Waals surface area (Å²) < 4.78 is 0. The average Bonchev–Trinajstić information content (AvgIpc) is 3.14. The Bertz CT molecular complexity index is 1430. The van der Waals surface area contributed by atoms with Crippen LogP contribution in [-0.4, -0.2) is 0 Å². The van der Waals surface area contributed by atoms with E-state index >= 15 is 0 Å². The minimum atomic E-state index is 0.437. The molecule has 0 radical (unpaired) electrons. The molecule has 4 aromatic carbocycles. The number of aryl methyl sites for hydroxylation is 4. The zero-order chi connectivity index (χ0) is 37.0. The summed E-state index contributed by atoms with van der Waals surface area (Å²) in [5.74, 6) is 0.875. The highest BCUT2D eigenvalue weighted by Gasteiger charge is 2.18. The standard InChI is InChI=1S/C50H72N2/c1-5-7-9-11-13-15-17-23-49(47-35-33-45(51)37-39(47)3)43-29-25-41(26-30-43)21-19-20-22-42-27-31-44(32-28-42)50(24-18-16-14-12-10-8-6-2)48-36-34-46(52)38-40(48)4/h25-38,49-50H,5-24,51-52H2,1-4H3. The van der Waals surface area contributed by atoms with E-state index in [1.807, 2.05) is 0 Å². The summed E-state index contributed by atoms with van der Waals surface area (Å²) in [4.78, 5) is 0. The van der Waals surface area contributed by atoms with E-state index in [-0.39, 0.29) is 0 Å². The van der Waals surface area contributed by atoms with Crippen molar-refractivity contribution in [1.82, 2.24) is 0 Å². The van der Waals surface area contributed by atoms with Crippen LogP contribution in [0.2, 0.25) is 0 Å². The number of rotatable bonds is 25. The molecule has 4 N–H and O–H groups in total. The fraction of sp³-hybridized carbons (Fsp3) is 0.520. The highest BCUT2D eigenvalue weighted by atomic mass is 14.5. The molecule has 0 aliphatic carbocycles. The van der Waals surface area contributed by atoms with Crippen LogP contribution in [0.1, 0.15) is 186 Å². The molecule has 0 spiro atoms. The van der Waals surface area contributed by atoms with Gasteiger partial charge in [0.2, 0.25) is 0 Å². The molecule has 2 nitrogen and oxygen atoms in total. The van der Waals surface area contributed by atoms with Gasteiger partial charge in [0.05, 0.1) is 0 Å². The van der Waals surface area contributed by atoms with Gasteiger partial charge in [0, 0.05) is 23.2 Å². The van der Waals surface area contributed by atoms with Crippen molar-refractivity contribution >= 4 is 11.4 Å². The van der Waals surface area contributed by atoms with E-state index in [4.69, 9.17) is 11.5 Å². The topological polar surface area (TPSA) is 52.0 Å². The van der Waals surface area contributed by atoms with Crippen molar-refractivity contribution in [2.45, 2.75) is 168 Å². The third-order valence-electron chi connectivity index (χ3n) is 11.5. The van der Waals surface area contributed by atoms with Gasteiger partial charge in [-0.05, 0) is 121 Å². The van der Waals surface area contributed by atoms with Gasteiger partial charge in [-0.3, -0.25) is 0 Å². The molecule has 0 aliphatic rings. The summed E-state index contributed by atoms with van der Waals surface area (Å²) in [6.45, 7) is 9.04. The van der Waals surface area contributed by atoms with Gasteiger partial charge in [0.15, 0.2) is 0 Å². The van der Waals surface area contributed by atoms with Crippen LogP contribution in [0, 0.1) is 13.8 Å².